The predicted molar refractivity (Wildman–Crippen MR) is 82.6 cm³/mol. The highest BCUT2D eigenvalue weighted by atomic mass is 35.5. The number of benzene rings is 1. The van der Waals surface area contributed by atoms with Crippen LogP contribution in [0.25, 0.3) is 16.9 Å². The van der Waals surface area contributed by atoms with E-state index in [1.165, 1.54) is 6.07 Å². The van der Waals surface area contributed by atoms with Crippen LogP contribution < -0.4 is 0 Å². The highest BCUT2D eigenvalue weighted by Crippen LogP contribution is 2.28. The van der Waals surface area contributed by atoms with Crippen molar-refractivity contribution in [1.29, 1.82) is 0 Å². The average Bonchev–Trinajstić information content (AvgIpc) is 2.83. The Morgan fingerprint density at radius 2 is 1.95 bits per heavy atom. The summed E-state index contributed by atoms with van der Waals surface area (Å²) in [4.78, 5) is 8.98. The number of hydrogen-bond donors (Lipinski definition) is 0. The SMILES string of the molecule is Cc1ccc(-n2c(C(C)Cl)nc3c(C)ccnc32)cc1F. The van der Waals surface area contributed by atoms with Crippen molar-refractivity contribution >= 4 is 22.8 Å². The molecule has 108 valence electrons. The number of aryl methyl sites for hydroxylation is 2. The molecule has 1 atom stereocenters. The molecule has 1 unspecified atom stereocenters. The van der Waals surface area contributed by atoms with Crippen LogP contribution in [0.2, 0.25) is 0 Å². The number of fused-ring (bicyclic) bond motifs is 1. The van der Waals surface area contributed by atoms with E-state index in [0.29, 0.717) is 22.7 Å². The standard InChI is InChI=1S/C16H15ClFN3/c1-9-4-5-12(8-13(9)18)21-15(11(3)17)20-14-10(2)6-7-19-16(14)21/h4-8,11H,1-3H3. The predicted octanol–water partition coefficient (Wildman–Crippen LogP) is 4.48. The normalized spacial score (nSPS) is 12.8. The second kappa shape index (κ2) is 5.11. The van der Waals surface area contributed by atoms with E-state index >= 15 is 0 Å². The zero-order chi connectivity index (χ0) is 15.1. The van der Waals surface area contributed by atoms with Crippen molar-refractivity contribution in [2.75, 3.05) is 0 Å². The molecule has 0 amide bonds. The van der Waals surface area contributed by atoms with Crippen LogP contribution in [0.5, 0.6) is 0 Å². The number of alkyl halides is 1. The van der Waals surface area contributed by atoms with Crippen LogP contribution in [0.1, 0.15) is 29.3 Å². The Morgan fingerprint density at radius 3 is 2.62 bits per heavy atom. The summed E-state index contributed by atoms with van der Waals surface area (Å²) >= 11 is 6.25. The van der Waals surface area contributed by atoms with Gasteiger partial charge in [-0.1, -0.05) is 6.07 Å². The number of aromatic nitrogens is 3. The summed E-state index contributed by atoms with van der Waals surface area (Å²) in [5.41, 5.74) is 3.79. The molecule has 0 radical (unpaired) electrons. The van der Waals surface area contributed by atoms with Crippen LogP contribution in [0.4, 0.5) is 4.39 Å². The van der Waals surface area contributed by atoms with E-state index in [1.807, 2.05) is 30.5 Å². The number of nitrogens with zero attached hydrogens (tertiary/aromatic N) is 3. The first-order chi connectivity index (χ1) is 9.99. The van der Waals surface area contributed by atoms with E-state index in [2.05, 4.69) is 9.97 Å². The molecule has 3 aromatic rings. The quantitative estimate of drug-likeness (QED) is 0.654. The second-order valence-electron chi connectivity index (χ2n) is 5.15. The third-order valence-electron chi connectivity index (χ3n) is 3.54. The molecule has 2 aromatic heterocycles. The van der Waals surface area contributed by atoms with Gasteiger partial charge in [0, 0.05) is 6.20 Å². The second-order valence-corrected chi connectivity index (χ2v) is 5.81. The Balaban J connectivity index is 2.36. The Kier molecular flexibility index (Phi) is 3.41. The molecule has 0 bridgehead atoms. The lowest BCUT2D eigenvalue weighted by atomic mass is 10.2. The lowest BCUT2D eigenvalue weighted by Crippen LogP contribution is -2.03. The summed E-state index contributed by atoms with van der Waals surface area (Å²) in [6, 6.07) is 6.99. The van der Waals surface area contributed by atoms with Crippen LogP contribution in [-0.4, -0.2) is 14.5 Å². The molecule has 0 N–H and O–H groups in total. The molecule has 0 aliphatic carbocycles. The number of halogens is 2. The molecule has 5 heteroatoms. The third kappa shape index (κ3) is 2.29. The Morgan fingerprint density at radius 1 is 1.19 bits per heavy atom. The van der Waals surface area contributed by atoms with Gasteiger partial charge in [-0.15, -0.1) is 11.6 Å². The van der Waals surface area contributed by atoms with E-state index in [4.69, 9.17) is 11.6 Å². The van der Waals surface area contributed by atoms with Gasteiger partial charge in [0.1, 0.15) is 17.2 Å². The molecule has 0 saturated heterocycles. The molecule has 3 nitrogen and oxygen atoms in total. The molecule has 21 heavy (non-hydrogen) atoms. The van der Waals surface area contributed by atoms with Gasteiger partial charge in [0.15, 0.2) is 5.65 Å². The first-order valence-electron chi connectivity index (χ1n) is 6.73. The van der Waals surface area contributed by atoms with E-state index in [0.717, 1.165) is 11.1 Å². The molecule has 2 heterocycles. The van der Waals surface area contributed by atoms with E-state index in [-0.39, 0.29) is 11.2 Å². The summed E-state index contributed by atoms with van der Waals surface area (Å²) < 4.78 is 15.7. The molecular weight excluding hydrogens is 289 g/mol. The Hall–Kier alpha value is -1.94. The molecular formula is C16H15ClFN3. The first kappa shape index (κ1) is 14.0. The van der Waals surface area contributed by atoms with Gasteiger partial charge in [-0.25, -0.2) is 14.4 Å². The van der Waals surface area contributed by atoms with Gasteiger partial charge in [-0.2, -0.15) is 0 Å². The number of hydrogen-bond acceptors (Lipinski definition) is 2. The minimum absolute atomic E-state index is 0.254. The zero-order valence-corrected chi connectivity index (χ0v) is 12.8. The number of rotatable bonds is 2. The van der Waals surface area contributed by atoms with E-state index < -0.39 is 0 Å². The van der Waals surface area contributed by atoms with Crippen molar-refractivity contribution in [1.82, 2.24) is 14.5 Å². The molecule has 0 fully saturated rings. The maximum Gasteiger partial charge on any atom is 0.164 e. The van der Waals surface area contributed by atoms with Gasteiger partial charge >= 0.3 is 0 Å². The molecule has 0 saturated carbocycles. The lowest BCUT2D eigenvalue weighted by molar-refractivity contribution is 0.617. The van der Waals surface area contributed by atoms with Crippen LogP contribution >= 0.6 is 11.6 Å². The molecule has 0 aliphatic heterocycles. The van der Waals surface area contributed by atoms with Crippen molar-refractivity contribution < 1.29 is 4.39 Å². The smallest absolute Gasteiger partial charge is 0.164 e. The summed E-state index contributed by atoms with van der Waals surface area (Å²) in [5, 5.41) is -0.303. The zero-order valence-electron chi connectivity index (χ0n) is 12.1. The van der Waals surface area contributed by atoms with Gasteiger partial charge in [-0.05, 0) is 50.1 Å². The van der Waals surface area contributed by atoms with Crippen molar-refractivity contribution in [3.63, 3.8) is 0 Å². The van der Waals surface area contributed by atoms with Crippen molar-refractivity contribution in [3.05, 3.63) is 53.2 Å². The summed E-state index contributed by atoms with van der Waals surface area (Å²) in [6.07, 6.45) is 1.73. The fraction of sp³-hybridized carbons (Fsp3) is 0.250. The molecule has 0 aliphatic rings. The van der Waals surface area contributed by atoms with Gasteiger partial charge in [0.25, 0.3) is 0 Å². The first-order valence-corrected chi connectivity index (χ1v) is 7.17. The van der Waals surface area contributed by atoms with Crippen molar-refractivity contribution in [3.8, 4) is 5.69 Å². The van der Waals surface area contributed by atoms with Gasteiger partial charge in [0.05, 0.1) is 11.1 Å². The molecule has 0 spiro atoms. The highest BCUT2D eigenvalue weighted by Gasteiger charge is 2.18. The number of pyridine rings is 1. The van der Waals surface area contributed by atoms with Crippen molar-refractivity contribution in [2.24, 2.45) is 0 Å². The average molecular weight is 304 g/mol. The highest BCUT2D eigenvalue weighted by molar-refractivity contribution is 6.20. The van der Waals surface area contributed by atoms with Crippen LogP contribution in [0.15, 0.2) is 30.5 Å². The Bertz CT molecular complexity index is 824. The summed E-state index contributed by atoms with van der Waals surface area (Å²) in [7, 11) is 0. The Labute approximate surface area is 127 Å². The minimum Gasteiger partial charge on any atom is -0.279 e. The lowest BCUT2D eigenvalue weighted by Gasteiger charge is -2.10. The topological polar surface area (TPSA) is 30.7 Å². The maximum absolute atomic E-state index is 13.9. The van der Waals surface area contributed by atoms with Crippen LogP contribution in [0, 0.1) is 19.7 Å². The fourth-order valence-corrected chi connectivity index (χ4v) is 2.50. The maximum atomic E-state index is 13.9. The largest absolute Gasteiger partial charge is 0.279 e. The third-order valence-corrected chi connectivity index (χ3v) is 3.74. The van der Waals surface area contributed by atoms with Crippen LogP contribution in [-0.2, 0) is 0 Å². The van der Waals surface area contributed by atoms with Gasteiger partial charge < -0.3 is 0 Å². The minimum atomic E-state index is -0.303. The summed E-state index contributed by atoms with van der Waals surface area (Å²) in [5.74, 6) is 0.409. The molecule has 1 aromatic carbocycles. The summed E-state index contributed by atoms with van der Waals surface area (Å²) in [6.45, 7) is 5.55. The van der Waals surface area contributed by atoms with Gasteiger partial charge in [-0.3, -0.25) is 4.57 Å². The van der Waals surface area contributed by atoms with E-state index in [1.54, 1.807) is 19.2 Å². The monoisotopic (exact) mass is 303 g/mol. The van der Waals surface area contributed by atoms with E-state index in [9.17, 15) is 4.39 Å². The van der Waals surface area contributed by atoms with Crippen molar-refractivity contribution in [2.45, 2.75) is 26.1 Å². The van der Waals surface area contributed by atoms with Gasteiger partial charge in [0.2, 0.25) is 0 Å². The number of imidazole rings is 1. The van der Waals surface area contributed by atoms with Crippen LogP contribution in [0.3, 0.4) is 0 Å². The fourth-order valence-electron chi connectivity index (χ4n) is 2.35. The molecule has 3 rings (SSSR count).